The van der Waals surface area contributed by atoms with Crippen LogP contribution in [0.3, 0.4) is 0 Å². The first-order chi connectivity index (χ1) is 8.75. The highest BCUT2D eigenvalue weighted by atomic mass is 16.3. The molecule has 0 fully saturated rings. The third-order valence-electron chi connectivity index (χ3n) is 3.12. The second-order valence-corrected chi connectivity index (χ2v) is 4.58. The van der Waals surface area contributed by atoms with Crippen LogP contribution in [0, 0.1) is 0 Å². The van der Waals surface area contributed by atoms with Gasteiger partial charge in [-0.15, -0.1) is 0 Å². The molecular weight excluding hydrogens is 222 g/mol. The lowest BCUT2D eigenvalue weighted by Crippen LogP contribution is -2.05. The van der Waals surface area contributed by atoms with Gasteiger partial charge in [-0.05, 0) is 30.0 Å². The van der Waals surface area contributed by atoms with Crippen LogP contribution < -0.4 is 5.32 Å². The van der Waals surface area contributed by atoms with Gasteiger partial charge in [0.15, 0.2) is 0 Å². The number of hydrogen-bond acceptors (Lipinski definition) is 2. The van der Waals surface area contributed by atoms with E-state index in [1.807, 2.05) is 18.2 Å². The van der Waals surface area contributed by atoms with Crippen LogP contribution in [0.25, 0.3) is 0 Å². The predicted molar refractivity (Wildman–Crippen MR) is 76.1 cm³/mol. The van der Waals surface area contributed by atoms with Gasteiger partial charge in [-0.2, -0.15) is 0 Å². The van der Waals surface area contributed by atoms with E-state index in [0.717, 1.165) is 18.7 Å². The molecule has 1 atom stereocenters. The van der Waals surface area contributed by atoms with E-state index in [1.54, 1.807) is 12.1 Å². The van der Waals surface area contributed by atoms with Crippen LogP contribution in [-0.2, 0) is 0 Å². The quantitative estimate of drug-likeness (QED) is 0.829. The number of phenols is 1. The van der Waals surface area contributed by atoms with Gasteiger partial charge in [0.25, 0.3) is 0 Å². The van der Waals surface area contributed by atoms with Crippen LogP contribution in [0.4, 0.5) is 5.69 Å². The average molecular weight is 241 g/mol. The van der Waals surface area contributed by atoms with Crippen molar-refractivity contribution in [2.24, 2.45) is 0 Å². The van der Waals surface area contributed by atoms with Gasteiger partial charge in [0.1, 0.15) is 5.75 Å². The Morgan fingerprint density at radius 3 is 2.56 bits per heavy atom. The Hall–Kier alpha value is -1.96. The van der Waals surface area contributed by atoms with Crippen molar-refractivity contribution in [3.63, 3.8) is 0 Å². The molecule has 2 rings (SSSR count). The number of aromatic hydroxyl groups is 1. The zero-order chi connectivity index (χ0) is 12.8. The van der Waals surface area contributed by atoms with Crippen molar-refractivity contribution in [2.45, 2.75) is 19.3 Å². The van der Waals surface area contributed by atoms with E-state index in [4.69, 9.17) is 0 Å². The summed E-state index contributed by atoms with van der Waals surface area (Å²) in [6, 6.07) is 17.8. The minimum absolute atomic E-state index is 0.302. The molecule has 0 aliphatic heterocycles. The third kappa shape index (κ3) is 3.52. The second kappa shape index (κ2) is 6.10. The van der Waals surface area contributed by atoms with Crippen LogP contribution in [0.5, 0.6) is 5.75 Å². The monoisotopic (exact) mass is 241 g/mol. The maximum Gasteiger partial charge on any atom is 0.117 e. The molecule has 0 aliphatic rings. The predicted octanol–water partition coefficient (Wildman–Crippen LogP) is 4.00. The van der Waals surface area contributed by atoms with E-state index in [0.29, 0.717) is 11.7 Å². The Bertz CT molecular complexity index is 481. The summed E-state index contributed by atoms with van der Waals surface area (Å²) in [6.45, 7) is 3.14. The van der Waals surface area contributed by atoms with E-state index in [1.165, 1.54) is 5.56 Å². The maximum absolute atomic E-state index is 9.36. The van der Waals surface area contributed by atoms with Gasteiger partial charge in [-0.1, -0.05) is 43.3 Å². The molecule has 0 aliphatic carbocycles. The van der Waals surface area contributed by atoms with E-state index >= 15 is 0 Å². The summed E-state index contributed by atoms with van der Waals surface area (Å²) >= 11 is 0. The highest BCUT2D eigenvalue weighted by molar-refractivity contribution is 5.47. The molecule has 2 heteroatoms. The SMILES string of the molecule is CC(CCNc1cccc(O)c1)c1ccccc1. The topological polar surface area (TPSA) is 32.3 Å². The van der Waals surface area contributed by atoms with Crippen LogP contribution in [0.2, 0.25) is 0 Å². The van der Waals surface area contributed by atoms with Gasteiger partial charge >= 0.3 is 0 Å². The Morgan fingerprint density at radius 1 is 1.06 bits per heavy atom. The lowest BCUT2D eigenvalue weighted by molar-refractivity contribution is 0.475. The van der Waals surface area contributed by atoms with E-state index in [-0.39, 0.29) is 0 Å². The Morgan fingerprint density at radius 2 is 1.83 bits per heavy atom. The summed E-state index contributed by atoms with van der Waals surface area (Å²) in [4.78, 5) is 0. The number of rotatable bonds is 5. The van der Waals surface area contributed by atoms with Gasteiger partial charge in [0, 0.05) is 18.3 Å². The first-order valence-corrected chi connectivity index (χ1v) is 6.33. The lowest BCUT2D eigenvalue weighted by atomic mass is 9.98. The Balaban J connectivity index is 1.82. The molecule has 1 unspecified atom stereocenters. The van der Waals surface area contributed by atoms with Gasteiger partial charge in [-0.25, -0.2) is 0 Å². The van der Waals surface area contributed by atoms with Crippen LogP contribution in [0.1, 0.15) is 24.8 Å². The minimum atomic E-state index is 0.302. The summed E-state index contributed by atoms with van der Waals surface area (Å²) in [5.41, 5.74) is 2.34. The summed E-state index contributed by atoms with van der Waals surface area (Å²) in [6.07, 6.45) is 1.07. The summed E-state index contributed by atoms with van der Waals surface area (Å²) in [5.74, 6) is 0.840. The first kappa shape index (κ1) is 12.5. The number of anilines is 1. The van der Waals surface area contributed by atoms with E-state index in [2.05, 4.69) is 36.5 Å². The van der Waals surface area contributed by atoms with Gasteiger partial charge < -0.3 is 10.4 Å². The largest absolute Gasteiger partial charge is 0.508 e. The molecule has 0 heterocycles. The molecule has 94 valence electrons. The minimum Gasteiger partial charge on any atom is -0.508 e. The fourth-order valence-electron chi connectivity index (χ4n) is 2.00. The van der Waals surface area contributed by atoms with E-state index < -0.39 is 0 Å². The second-order valence-electron chi connectivity index (χ2n) is 4.58. The highest BCUT2D eigenvalue weighted by Gasteiger charge is 2.04. The molecule has 0 saturated carbocycles. The van der Waals surface area contributed by atoms with Crippen molar-refractivity contribution in [1.82, 2.24) is 0 Å². The fraction of sp³-hybridized carbons (Fsp3) is 0.250. The number of hydrogen-bond donors (Lipinski definition) is 2. The smallest absolute Gasteiger partial charge is 0.117 e. The van der Waals surface area contributed by atoms with Gasteiger partial charge in [-0.3, -0.25) is 0 Å². The number of nitrogens with one attached hydrogen (secondary N) is 1. The molecule has 0 bridgehead atoms. The van der Waals surface area contributed by atoms with Crippen LogP contribution >= 0.6 is 0 Å². The molecule has 2 aromatic carbocycles. The Kier molecular flexibility index (Phi) is 4.24. The zero-order valence-electron chi connectivity index (χ0n) is 10.6. The standard InChI is InChI=1S/C16H19NO/c1-13(14-6-3-2-4-7-14)10-11-17-15-8-5-9-16(18)12-15/h2-9,12-13,17-18H,10-11H2,1H3. The molecule has 2 aromatic rings. The molecule has 0 spiro atoms. The van der Waals surface area contributed by atoms with Crippen molar-refractivity contribution in [1.29, 1.82) is 0 Å². The number of benzene rings is 2. The summed E-state index contributed by atoms with van der Waals surface area (Å²) in [5, 5.41) is 12.7. The fourth-order valence-corrected chi connectivity index (χ4v) is 2.00. The van der Waals surface area contributed by atoms with Crippen LogP contribution in [-0.4, -0.2) is 11.7 Å². The van der Waals surface area contributed by atoms with Crippen molar-refractivity contribution in [3.05, 3.63) is 60.2 Å². The molecular formula is C16H19NO. The molecule has 0 radical (unpaired) electrons. The number of phenolic OH excluding ortho intramolecular Hbond substituents is 1. The maximum atomic E-state index is 9.36. The summed E-state index contributed by atoms with van der Waals surface area (Å²) in [7, 11) is 0. The van der Waals surface area contributed by atoms with Crippen LogP contribution in [0.15, 0.2) is 54.6 Å². The molecule has 2 N–H and O–H groups in total. The average Bonchev–Trinajstić information content (AvgIpc) is 2.40. The molecule has 0 aromatic heterocycles. The van der Waals surface area contributed by atoms with Gasteiger partial charge in [0.05, 0.1) is 0 Å². The van der Waals surface area contributed by atoms with Crippen molar-refractivity contribution < 1.29 is 5.11 Å². The molecule has 2 nitrogen and oxygen atoms in total. The Labute approximate surface area is 108 Å². The molecule has 0 saturated heterocycles. The molecule has 0 amide bonds. The highest BCUT2D eigenvalue weighted by Crippen LogP contribution is 2.19. The zero-order valence-corrected chi connectivity index (χ0v) is 10.6. The van der Waals surface area contributed by atoms with E-state index in [9.17, 15) is 5.11 Å². The van der Waals surface area contributed by atoms with Crippen molar-refractivity contribution in [3.8, 4) is 5.75 Å². The lowest BCUT2D eigenvalue weighted by Gasteiger charge is -2.13. The normalized spacial score (nSPS) is 12.1. The third-order valence-corrected chi connectivity index (χ3v) is 3.12. The van der Waals surface area contributed by atoms with Crippen molar-refractivity contribution in [2.75, 3.05) is 11.9 Å². The summed E-state index contributed by atoms with van der Waals surface area (Å²) < 4.78 is 0. The molecule has 18 heavy (non-hydrogen) atoms. The van der Waals surface area contributed by atoms with Crippen molar-refractivity contribution >= 4 is 5.69 Å². The van der Waals surface area contributed by atoms with Gasteiger partial charge in [0.2, 0.25) is 0 Å². The first-order valence-electron chi connectivity index (χ1n) is 6.33.